The molecule has 1 amide bonds. The molecule has 0 aromatic heterocycles. The van der Waals surface area contributed by atoms with Gasteiger partial charge < -0.3 is 20.6 Å². The normalized spacial score (nSPS) is 13.3. The van der Waals surface area contributed by atoms with Crippen LogP contribution in [-0.4, -0.2) is 46.1 Å². The average Bonchev–Trinajstić information content (AvgIpc) is 3.28. The summed E-state index contributed by atoms with van der Waals surface area (Å²) in [7, 11) is 0. The molecule has 0 radical (unpaired) electrons. The molecule has 376 valence electrons. The monoisotopic (exact) mass is 890 g/mol. The summed E-state index contributed by atoms with van der Waals surface area (Å²) in [6, 6.07) is -0.740. The van der Waals surface area contributed by atoms with E-state index < -0.39 is 18.2 Å². The van der Waals surface area contributed by atoms with Gasteiger partial charge in [0.1, 0.15) is 0 Å². The van der Waals surface area contributed by atoms with E-state index in [1.807, 2.05) is 6.08 Å². The van der Waals surface area contributed by atoms with E-state index in [0.29, 0.717) is 6.42 Å². The minimum atomic E-state index is -0.924. The Morgan fingerprint density at radius 2 is 0.651 bits per heavy atom. The Balaban J connectivity index is 3.42. The van der Waals surface area contributed by atoms with Crippen molar-refractivity contribution in [3.63, 3.8) is 0 Å². The highest BCUT2D eigenvalue weighted by molar-refractivity contribution is 5.76. The predicted molar refractivity (Wildman–Crippen MR) is 278 cm³/mol. The molecule has 0 fully saturated rings. The van der Waals surface area contributed by atoms with Gasteiger partial charge in [-0.1, -0.05) is 315 Å². The van der Waals surface area contributed by atoms with Crippen molar-refractivity contribution >= 4 is 5.91 Å². The van der Waals surface area contributed by atoms with Crippen LogP contribution in [0.3, 0.4) is 0 Å². The van der Waals surface area contributed by atoms with E-state index in [9.17, 15) is 20.1 Å². The Hall–Kier alpha value is -0.910. The van der Waals surface area contributed by atoms with Crippen molar-refractivity contribution in [2.75, 3.05) is 6.61 Å². The first kappa shape index (κ1) is 62.1. The van der Waals surface area contributed by atoms with Gasteiger partial charge in [0.15, 0.2) is 0 Å². The van der Waals surface area contributed by atoms with Crippen LogP contribution >= 0.6 is 0 Å². The third-order valence-electron chi connectivity index (χ3n) is 13.8. The number of hydrogen-bond acceptors (Lipinski definition) is 4. The first-order valence-corrected chi connectivity index (χ1v) is 29.0. The molecular weight excluding hydrogens is 775 g/mol. The molecule has 3 unspecified atom stereocenters. The van der Waals surface area contributed by atoms with Gasteiger partial charge in [-0.25, -0.2) is 0 Å². The summed E-state index contributed by atoms with van der Waals surface area (Å²) < 4.78 is 0. The number of rotatable bonds is 54. The lowest BCUT2D eigenvalue weighted by Gasteiger charge is -2.21. The Labute approximate surface area is 395 Å². The minimum Gasteiger partial charge on any atom is -0.394 e. The number of amides is 1. The first-order valence-electron chi connectivity index (χ1n) is 29.0. The summed E-state index contributed by atoms with van der Waals surface area (Å²) >= 11 is 0. The predicted octanol–water partition coefficient (Wildman–Crippen LogP) is 17.9. The Morgan fingerprint density at radius 3 is 0.921 bits per heavy atom. The van der Waals surface area contributed by atoms with Crippen LogP contribution in [0.4, 0.5) is 0 Å². The van der Waals surface area contributed by atoms with Gasteiger partial charge in [0.05, 0.1) is 31.3 Å². The van der Waals surface area contributed by atoms with E-state index in [-0.39, 0.29) is 18.9 Å². The van der Waals surface area contributed by atoms with Crippen molar-refractivity contribution in [2.45, 2.75) is 347 Å². The molecule has 0 rings (SSSR count). The lowest BCUT2D eigenvalue weighted by Crippen LogP contribution is -2.45. The highest BCUT2D eigenvalue weighted by atomic mass is 16.3. The molecule has 0 aromatic carbocycles. The number of carbonyl (C=O) groups excluding carboxylic acids is 1. The zero-order valence-electron chi connectivity index (χ0n) is 43.0. The summed E-state index contributed by atoms with van der Waals surface area (Å²) in [5, 5.41) is 33.4. The highest BCUT2D eigenvalue weighted by Gasteiger charge is 2.20. The van der Waals surface area contributed by atoms with Gasteiger partial charge in [-0.3, -0.25) is 4.79 Å². The van der Waals surface area contributed by atoms with Crippen LogP contribution < -0.4 is 5.32 Å². The lowest BCUT2D eigenvalue weighted by molar-refractivity contribution is -0.124. The molecule has 0 saturated heterocycles. The topological polar surface area (TPSA) is 89.8 Å². The second-order valence-electron chi connectivity index (χ2n) is 20.3. The third-order valence-corrected chi connectivity index (χ3v) is 13.8. The van der Waals surface area contributed by atoms with Crippen LogP contribution in [0.15, 0.2) is 12.2 Å². The standard InChI is InChI=1S/C58H115NO4/c1-3-5-7-9-11-13-15-17-18-19-20-21-22-23-24-25-26-27-28-29-30-31-32-33-34-35-36-37-38-40-41-43-45-47-49-51-55(61)53-58(63)59-56(54-60)57(62)52-50-48-46-44-42-39-16-14-12-10-8-6-4-2/h50,52,55-57,60-62H,3-49,51,53-54H2,1-2H3,(H,59,63)/b52-50+. The van der Waals surface area contributed by atoms with E-state index >= 15 is 0 Å². The Kier molecular flexibility index (Phi) is 52.9. The zero-order valence-corrected chi connectivity index (χ0v) is 43.0. The fourth-order valence-corrected chi connectivity index (χ4v) is 9.40. The van der Waals surface area contributed by atoms with Gasteiger partial charge in [-0.15, -0.1) is 0 Å². The maximum absolute atomic E-state index is 12.5. The molecule has 0 aliphatic carbocycles. The van der Waals surface area contributed by atoms with Crippen molar-refractivity contribution < 1.29 is 20.1 Å². The lowest BCUT2D eigenvalue weighted by atomic mass is 10.0. The van der Waals surface area contributed by atoms with Crippen LogP contribution in [0.2, 0.25) is 0 Å². The Morgan fingerprint density at radius 1 is 0.397 bits per heavy atom. The number of allylic oxidation sites excluding steroid dienone is 1. The molecule has 5 heteroatoms. The number of aliphatic hydroxyl groups excluding tert-OH is 3. The summed E-state index contributed by atoms with van der Waals surface area (Å²) in [6.07, 6.45) is 67.1. The van der Waals surface area contributed by atoms with Crippen LogP contribution in [0.25, 0.3) is 0 Å². The molecule has 0 aliphatic rings. The first-order chi connectivity index (χ1) is 31.0. The summed E-state index contributed by atoms with van der Waals surface area (Å²) in [6.45, 7) is 4.24. The largest absolute Gasteiger partial charge is 0.394 e. The molecule has 0 spiro atoms. The fraction of sp³-hybridized carbons (Fsp3) is 0.948. The maximum atomic E-state index is 12.5. The molecule has 5 nitrogen and oxygen atoms in total. The second kappa shape index (κ2) is 53.7. The van der Waals surface area contributed by atoms with Crippen molar-refractivity contribution in [3.05, 3.63) is 12.2 Å². The fourth-order valence-electron chi connectivity index (χ4n) is 9.40. The van der Waals surface area contributed by atoms with Crippen LogP contribution in [0, 0.1) is 0 Å². The SMILES string of the molecule is CCCCCCCCCCCCC/C=C/C(O)C(CO)NC(=O)CC(O)CCCCCCCCCCCCCCCCCCCCCCCCCCCCCCCCCCCCC. The van der Waals surface area contributed by atoms with E-state index in [1.165, 1.54) is 276 Å². The van der Waals surface area contributed by atoms with Gasteiger partial charge in [0, 0.05) is 0 Å². The minimum absolute atomic E-state index is 0.0192. The number of nitrogens with one attached hydrogen (secondary N) is 1. The zero-order chi connectivity index (χ0) is 45.8. The van der Waals surface area contributed by atoms with Crippen LogP contribution in [0.1, 0.15) is 328 Å². The summed E-state index contributed by atoms with van der Waals surface area (Å²) in [5.41, 5.74) is 0. The van der Waals surface area contributed by atoms with E-state index in [0.717, 1.165) is 25.7 Å². The van der Waals surface area contributed by atoms with Crippen molar-refractivity contribution in [2.24, 2.45) is 0 Å². The second-order valence-corrected chi connectivity index (χ2v) is 20.3. The molecule has 3 atom stereocenters. The highest BCUT2D eigenvalue weighted by Crippen LogP contribution is 2.18. The summed E-state index contributed by atoms with van der Waals surface area (Å²) in [4.78, 5) is 12.5. The van der Waals surface area contributed by atoms with Crippen molar-refractivity contribution in [1.82, 2.24) is 5.32 Å². The van der Waals surface area contributed by atoms with E-state index in [2.05, 4.69) is 19.2 Å². The smallest absolute Gasteiger partial charge is 0.222 e. The van der Waals surface area contributed by atoms with Crippen LogP contribution in [-0.2, 0) is 4.79 Å². The number of aliphatic hydroxyl groups is 3. The number of unbranched alkanes of at least 4 members (excludes halogenated alkanes) is 45. The molecule has 4 N–H and O–H groups in total. The number of carbonyl (C=O) groups is 1. The molecule has 63 heavy (non-hydrogen) atoms. The van der Waals surface area contributed by atoms with Crippen LogP contribution in [0.5, 0.6) is 0 Å². The quantitative estimate of drug-likeness (QED) is 0.0362. The average molecular weight is 891 g/mol. The summed E-state index contributed by atoms with van der Waals surface area (Å²) in [5.74, 6) is -0.310. The molecule has 0 aromatic rings. The molecule has 0 saturated carbocycles. The molecular formula is C58H115NO4. The number of hydrogen-bond donors (Lipinski definition) is 4. The molecule has 0 aliphatic heterocycles. The molecule has 0 bridgehead atoms. The molecule has 0 heterocycles. The van der Waals surface area contributed by atoms with Crippen molar-refractivity contribution in [1.29, 1.82) is 0 Å². The maximum Gasteiger partial charge on any atom is 0.222 e. The van der Waals surface area contributed by atoms with E-state index in [1.54, 1.807) is 6.08 Å². The van der Waals surface area contributed by atoms with Gasteiger partial charge in [-0.2, -0.15) is 0 Å². The van der Waals surface area contributed by atoms with Gasteiger partial charge in [0.25, 0.3) is 0 Å². The van der Waals surface area contributed by atoms with Gasteiger partial charge in [0.2, 0.25) is 5.91 Å². The van der Waals surface area contributed by atoms with Gasteiger partial charge >= 0.3 is 0 Å². The van der Waals surface area contributed by atoms with Gasteiger partial charge in [-0.05, 0) is 19.3 Å². The van der Waals surface area contributed by atoms with E-state index in [4.69, 9.17) is 0 Å². The third kappa shape index (κ3) is 50.3. The Bertz CT molecular complexity index is 894. The van der Waals surface area contributed by atoms with Crippen molar-refractivity contribution in [3.8, 4) is 0 Å².